The second-order valence-corrected chi connectivity index (χ2v) is 9.10. The summed E-state index contributed by atoms with van der Waals surface area (Å²) in [5.74, 6) is 0.583. The van der Waals surface area contributed by atoms with Gasteiger partial charge in [0.15, 0.2) is 0 Å². The Hall–Kier alpha value is -4.00. The summed E-state index contributed by atoms with van der Waals surface area (Å²) < 4.78 is 2.10. The molecule has 2 aromatic carbocycles. The summed E-state index contributed by atoms with van der Waals surface area (Å²) in [6.45, 7) is 4.70. The number of carbonyl (C=O) groups is 2. The van der Waals surface area contributed by atoms with Crippen LogP contribution < -0.4 is 5.32 Å². The highest BCUT2D eigenvalue weighted by Crippen LogP contribution is 2.34. The maximum Gasteiger partial charge on any atom is 0.256 e. The van der Waals surface area contributed by atoms with E-state index >= 15 is 0 Å². The molecule has 1 aliphatic rings. The van der Waals surface area contributed by atoms with Crippen molar-refractivity contribution in [3.05, 3.63) is 89.5 Å². The van der Waals surface area contributed by atoms with E-state index in [0.29, 0.717) is 29.9 Å². The van der Waals surface area contributed by atoms with Gasteiger partial charge in [0.05, 0.1) is 22.6 Å². The van der Waals surface area contributed by atoms with Crippen molar-refractivity contribution in [3.63, 3.8) is 0 Å². The second-order valence-electron chi connectivity index (χ2n) is 9.10. The largest absolute Gasteiger partial charge is 0.331 e. The van der Waals surface area contributed by atoms with Gasteiger partial charge in [-0.25, -0.2) is 4.98 Å². The number of aromatic nitrogens is 3. The summed E-state index contributed by atoms with van der Waals surface area (Å²) in [6.07, 6.45) is 6.52. The normalized spacial score (nSPS) is 15.8. The number of hydrogen-bond acceptors (Lipinski definition) is 4. The molecule has 1 aliphatic heterocycles. The van der Waals surface area contributed by atoms with E-state index in [1.54, 1.807) is 12.3 Å². The van der Waals surface area contributed by atoms with Crippen LogP contribution in [0.25, 0.3) is 11.0 Å². The molecule has 0 radical (unpaired) electrons. The number of anilines is 1. The zero-order valence-corrected chi connectivity index (χ0v) is 20.1. The van der Waals surface area contributed by atoms with Crippen LogP contribution in [0.3, 0.4) is 0 Å². The minimum Gasteiger partial charge on any atom is -0.331 e. The quantitative estimate of drug-likeness (QED) is 0.442. The lowest BCUT2D eigenvalue weighted by molar-refractivity contribution is -0.114. The Bertz CT molecular complexity index is 1360. The molecule has 2 amide bonds. The molecule has 5 rings (SSSR count). The predicted octanol–water partition coefficient (Wildman–Crippen LogP) is 5.11. The number of likely N-dealkylation sites (tertiary alicyclic amines) is 1. The molecule has 2 aromatic heterocycles. The SMILES string of the molecule is CC(=O)Nc1cc(C(=O)N2CCCC[C@@H]2c2cccnc2)c2c(c1)nc(C)n2Cc1ccccc1. The Morgan fingerprint density at radius 3 is 2.66 bits per heavy atom. The van der Waals surface area contributed by atoms with Gasteiger partial charge in [0.1, 0.15) is 5.82 Å². The van der Waals surface area contributed by atoms with Crippen LogP contribution in [-0.4, -0.2) is 37.8 Å². The van der Waals surface area contributed by atoms with Crippen LogP contribution in [0.15, 0.2) is 67.0 Å². The minimum atomic E-state index is -0.186. The van der Waals surface area contributed by atoms with E-state index in [4.69, 9.17) is 4.98 Å². The Balaban J connectivity index is 1.63. The van der Waals surface area contributed by atoms with Gasteiger partial charge in [-0.15, -0.1) is 0 Å². The van der Waals surface area contributed by atoms with Gasteiger partial charge in [-0.1, -0.05) is 36.4 Å². The molecule has 0 aliphatic carbocycles. The van der Waals surface area contributed by atoms with Gasteiger partial charge >= 0.3 is 0 Å². The third kappa shape index (κ3) is 4.67. The number of hydrogen-bond donors (Lipinski definition) is 1. The number of carbonyl (C=O) groups excluding carboxylic acids is 2. The Kier molecular flexibility index (Phi) is 6.31. The lowest BCUT2D eigenvalue weighted by Crippen LogP contribution is -2.38. The molecular weight excluding hydrogens is 438 g/mol. The lowest BCUT2D eigenvalue weighted by Gasteiger charge is -2.36. The van der Waals surface area contributed by atoms with Crippen molar-refractivity contribution in [2.75, 3.05) is 11.9 Å². The number of benzene rings is 2. The van der Waals surface area contributed by atoms with E-state index in [9.17, 15) is 9.59 Å². The first-order valence-corrected chi connectivity index (χ1v) is 12.0. The summed E-state index contributed by atoms with van der Waals surface area (Å²) in [6, 6.07) is 17.7. The number of amides is 2. The fourth-order valence-corrected chi connectivity index (χ4v) is 5.03. The lowest BCUT2D eigenvalue weighted by atomic mass is 9.95. The highest BCUT2D eigenvalue weighted by Gasteiger charge is 2.31. The fraction of sp³-hybridized carbons (Fsp3) is 0.286. The van der Waals surface area contributed by atoms with E-state index in [1.807, 2.05) is 54.4 Å². The molecule has 178 valence electrons. The molecule has 1 N–H and O–H groups in total. The molecule has 0 bridgehead atoms. The number of fused-ring (bicyclic) bond motifs is 1. The van der Waals surface area contributed by atoms with E-state index in [1.165, 1.54) is 6.92 Å². The Morgan fingerprint density at radius 2 is 1.91 bits per heavy atom. The molecule has 4 aromatic rings. The maximum atomic E-state index is 14.2. The molecule has 1 fully saturated rings. The molecule has 1 saturated heterocycles. The van der Waals surface area contributed by atoms with Gasteiger partial charge in [-0.2, -0.15) is 0 Å². The van der Waals surface area contributed by atoms with E-state index in [2.05, 4.69) is 27.0 Å². The third-order valence-corrected chi connectivity index (χ3v) is 6.60. The van der Waals surface area contributed by atoms with Gasteiger partial charge in [-0.05, 0) is 55.5 Å². The first kappa shape index (κ1) is 22.8. The molecule has 35 heavy (non-hydrogen) atoms. The van der Waals surface area contributed by atoms with Crippen LogP contribution in [0.1, 0.15) is 59.5 Å². The highest BCUT2D eigenvalue weighted by molar-refractivity contribution is 6.07. The number of imidazole rings is 1. The van der Waals surface area contributed by atoms with Crippen molar-refractivity contribution in [3.8, 4) is 0 Å². The first-order valence-electron chi connectivity index (χ1n) is 12.0. The average molecular weight is 468 g/mol. The third-order valence-electron chi connectivity index (χ3n) is 6.60. The van der Waals surface area contributed by atoms with Gasteiger partial charge in [0.2, 0.25) is 5.91 Å². The van der Waals surface area contributed by atoms with Crippen LogP contribution in [0.4, 0.5) is 5.69 Å². The zero-order chi connectivity index (χ0) is 24.4. The molecule has 0 saturated carbocycles. The molecular formula is C28H29N5O2. The molecule has 7 nitrogen and oxygen atoms in total. The average Bonchev–Trinajstić information content (AvgIpc) is 3.18. The monoisotopic (exact) mass is 467 g/mol. The Labute approximate surface area is 204 Å². The maximum absolute atomic E-state index is 14.2. The second kappa shape index (κ2) is 9.70. The number of nitrogens with zero attached hydrogens (tertiary/aromatic N) is 4. The Morgan fingerprint density at radius 1 is 1.09 bits per heavy atom. The number of nitrogens with one attached hydrogen (secondary N) is 1. The number of piperidine rings is 1. The number of pyridine rings is 1. The van der Waals surface area contributed by atoms with Crippen LogP contribution in [-0.2, 0) is 11.3 Å². The molecule has 0 unspecified atom stereocenters. The van der Waals surface area contributed by atoms with Crippen LogP contribution in [0.2, 0.25) is 0 Å². The summed E-state index contributed by atoms with van der Waals surface area (Å²) in [4.78, 5) is 37.1. The van der Waals surface area contributed by atoms with Crippen molar-refractivity contribution in [2.24, 2.45) is 0 Å². The summed E-state index contributed by atoms with van der Waals surface area (Å²) in [5.41, 5.74) is 4.80. The predicted molar refractivity (Wildman–Crippen MR) is 136 cm³/mol. The smallest absolute Gasteiger partial charge is 0.256 e. The first-order chi connectivity index (χ1) is 17.0. The topological polar surface area (TPSA) is 80.1 Å². The fourth-order valence-electron chi connectivity index (χ4n) is 5.03. The highest BCUT2D eigenvalue weighted by atomic mass is 16.2. The number of rotatable bonds is 5. The van der Waals surface area contributed by atoms with Crippen molar-refractivity contribution in [1.29, 1.82) is 0 Å². The number of aryl methyl sites for hydroxylation is 1. The molecule has 1 atom stereocenters. The van der Waals surface area contributed by atoms with Crippen molar-refractivity contribution < 1.29 is 9.59 Å². The van der Waals surface area contributed by atoms with Crippen molar-refractivity contribution in [2.45, 2.75) is 45.7 Å². The van der Waals surface area contributed by atoms with Gasteiger partial charge in [0, 0.05) is 38.1 Å². The van der Waals surface area contributed by atoms with Crippen LogP contribution in [0, 0.1) is 6.92 Å². The summed E-state index contributed by atoms with van der Waals surface area (Å²) in [7, 11) is 0. The van der Waals surface area contributed by atoms with E-state index in [0.717, 1.165) is 41.7 Å². The van der Waals surface area contributed by atoms with E-state index < -0.39 is 0 Å². The van der Waals surface area contributed by atoms with Crippen molar-refractivity contribution >= 4 is 28.5 Å². The molecule has 0 spiro atoms. The van der Waals surface area contributed by atoms with Crippen LogP contribution >= 0.6 is 0 Å². The van der Waals surface area contributed by atoms with Crippen LogP contribution in [0.5, 0.6) is 0 Å². The van der Waals surface area contributed by atoms with Gasteiger partial charge < -0.3 is 14.8 Å². The van der Waals surface area contributed by atoms with E-state index in [-0.39, 0.29) is 17.9 Å². The molecule has 7 heteroatoms. The molecule has 3 heterocycles. The summed E-state index contributed by atoms with van der Waals surface area (Å²) >= 11 is 0. The standard InChI is InChI=1S/C28H29N5O2/c1-19-30-25-16-23(31-20(2)34)15-24(27(25)33(19)18-21-9-4-3-5-10-21)28(35)32-14-7-6-12-26(32)22-11-8-13-29-17-22/h3-5,8-11,13,15-17,26H,6-7,12,14,18H2,1-2H3,(H,31,34)/t26-/m1/s1. The summed E-state index contributed by atoms with van der Waals surface area (Å²) in [5, 5.41) is 2.85. The minimum absolute atomic E-state index is 0.0315. The van der Waals surface area contributed by atoms with Gasteiger partial charge in [-0.3, -0.25) is 14.6 Å². The van der Waals surface area contributed by atoms with Gasteiger partial charge in [0.25, 0.3) is 5.91 Å². The zero-order valence-electron chi connectivity index (χ0n) is 20.1. The van der Waals surface area contributed by atoms with Crippen molar-refractivity contribution in [1.82, 2.24) is 19.4 Å².